The molecule has 1 fully saturated rings. The number of hydrogen-bond acceptors (Lipinski definition) is 4. The van der Waals surface area contributed by atoms with Crippen molar-refractivity contribution < 1.29 is 18.5 Å². The van der Waals surface area contributed by atoms with Crippen LogP contribution in [0.1, 0.15) is 24.3 Å². The second kappa shape index (κ2) is 6.35. The van der Waals surface area contributed by atoms with Crippen LogP contribution in [-0.2, 0) is 10.8 Å². The van der Waals surface area contributed by atoms with Gasteiger partial charge in [-0.2, -0.15) is 5.10 Å². The van der Waals surface area contributed by atoms with Gasteiger partial charge in [0.1, 0.15) is 11.5 Å². The van der Waals surface area contributed by atoms with Crippen molar-refractivity contribution in [3.8, 4) is 11.4 Å². The molecule has 2 aromatic rings. The fourth-order valence-corrected chi connectivity index (χ4v) is 4.28. The van der Waals surface area contributed by atoms with Crippen LogP contribution in [0.5, 0.6) is 5.75 Å². The summed E-state index contributed by atoms with van der Waals surface area (Å²) >= 11 is 0. The number of carbonyl (C=O) groups excluding carboxylic acids is 1. The molecule has 1 aliphatic heterocycles. The summed E-state index contributed by atoms with van der Waals surface area (Å²) in [6, 6.07) is 5.97. The van der Waals surface area contributed by atoms with Crippen LogP contribution in [0.2, 0.25) is 0 Å². The number of amides is 1. The Hall–Kier alpha value is -2.22. The Labute approximate surface area is 141 Å². The number of hydrogen-bond donors (Lipinski definition) is 1. The summed E-state index contributed by atoms with van der Waals surface area (Å²) in [5.74, 6) is -1.26. The highest BCUT2D eigenvalue weighted by Crippen LogP contribution is 2.23. The Kier molecular flexibility index (Phi) is 4.40. The molecule has 0 spiro atoms. The van der Waals surface area contributed by atoms with Gasteiger partial charge in [-0.3, -0.25) is 9.00 Å². The summed E-state index contributed by atoms with van der Waals surface area (Å²) in [6.07, 6.45) is 1.21. The highest BCUT2D eigenvalue weighted by atomic mass is 32.2. The zero-order chi connectivity index (χ0) is 17.4. The first-order valence-corrected chi connectivity index (χ1v) is 8.88. The third-order valence-corrected chi connectivity index (χ3v) is 5.92. The van der Waals surface area contributed by atoms with E-state index in [0.29, 0.717) is 13.1 Å². The van der Waals surface area contributed by atoms with Gasteiger partial charge in [0, 0.05) is 34.4 Å². The number of aromatic nitrogens is 2. The number of rotatable bonds is 2. The average Bonchev–Trinajstić information content (AvgIpc) is 2.93. The van der Waals surface area contributed by atoms with Crippen molar-refractivity contribution in [1.29, 1.82) is 0 Å². The van der Waals surface area contributed by atoms with Gasteiger partial charge in [-0.1, -0.05) is 12.1 Å². The summed E-state index contributed by atoms with van der Waals surface area (Å²) in [7, 11) is -0.988. The molecule has 1 aromatic heterocycles. The Morgan fingerprint density at radius 2 is 1.92 bits per heavy atom. The van der Waals surface area contributed by atoms with E-state index in [-0.39, 0.29) is 27.6 Å². The lowest BCUT2D eigenvalue weighted by atomic mass is 10.2. The average molecular weight is 351 g/mol. The first-order valence-electron chi connectivity index (χ1n) is 7.60. The van der Waals surface area contributed by atoms with Gasteiger partial charge >= 0.3 is 0 Å². The molecule has 1 N–H and O–H groups in total. The maximum absolute atomic E-state index is 13.8. The lowest BCUT2D eigenvalue weighted by molar-refractivity contribution is 0.0742. The molecule has 3 rings (SSSR count). The largest absolute Gasteiger partial charge is 0.504 e. The molecule has 0 bridgehead atoms. The van der Waals surface area contributed by atoms with Crippen molar-refractivity contribution in [2.45, 2.75) is 24.3 Å². The highest BCUT2D eigenvalue weighted by Gasteiger charge is 2.33. The van der Waals surface area contributed by atoms with E-state index in [2.05, 4.69) is 5.10 Å². The molecular weight excluding hydrogens is 333 g/mol. The molecule has 1 amide bonds. The molecule has 1 aromatic carbocycles. The molecule has 24 heavy (non-hydrogen) atoms. The van der Waals surface area contributed by atoms with E-state index < -0.39 is 22.5 Å². The second-order valence-electron chi connectivity index (χ2n) is 5.92. The number of carbonyl (C=O) groups is 1. The summed E-state index contributed by atoms with van der Waals surface area (Å²) < 4.78 is 27.0. The molecular formula is C16H18FN3O3S. The first kappa shape index (κ1) is 16.6. The lowest BCUT2D eigenvalue weighted by Gasteiger charge is -2.33. The minimum atomic E-state index is -0.988. The van der Waals surface area contributed by atoms with Crippen LogP contribution in [0.15, 0.2) is 30.5 Å². The van der Waals surface area contributed by atoms with Crippen molar-refractivity contribution >= 4 is 16.7 Å². The molecule has 1 aliphatic rings. The van der Waals surface area contributed by atoms with Gasteiger partial charge in [0.05, 0.1) is 6.20 Å². The second-order valence-corrected chi connectivity index (χ2v) is 8.19. The molecule has 8 heteroatoms. The third kappa shape index (κ3) is 2.93. The fraction of sp³-hybridized carbons (Fsp3) is 0.375. The standard InChI is InChI=1S/C16H18FN3O3S/c1-10-7-19(8-11(2)24(10)23)16(22)15-14(21)9-20(18-15)13-6-4-3-5-12(13)17/h3-6,9-11,21H,7-8H2,1-2H3. The molecule has 2 heterocycles. The van der Waals surface area contributed by atoms with E-state index in [1.165, 1.54) is 23.2 Å². The van der Waals surface area contributed by atoms with Gasteiger partial charge in [0.15, 0.2) is 11.4 Å². The number of para-hydroxylation sites is 1. The van der Waals surface area contributed by atoms with Gasteiger partial charge in [-0.15, -0.1) is 0 Å². The van der Waals surface area contributed by atoms with E-state index in [1.54, 1.807) is 12.1 Å². The van der Waals surface area contributed by atoms with Crippen LogP contribution in [0.3, 0.4) is 0 Å². The predicted octanol–water partition coefficient (Wildman–Crippen LogP) is 1.70. The van der Waals surface area contributed by atoms with E-state index in [4.69, 9.17) is 0 Å². The smallest absolute Gasteiger partial charge is 0.278 e. The third-order valence-electron chi connectivity index (χ3n) is 4.03. The Bertz CT molecular complexity index is 794. The van der Waals surface area contributed by atoms with Crippen molar-refractivity contribution in [3.05, 3.63) is 42.0 Å². The number of benzene rings is 1. The Morgan fingerprint density at radius 1 is 1.29 bits per heavy atom. The molecule has 0 saturated carbocycles. The highest BCUT2D eigenvalue weighted by molar-refractivity contribution is 7.86. The molecule has 128 valence electrons. The summed E-state index contributed by atoms with van der Waals surface area (Å²) in [5.41, 5.74) is 0.0127. The number of aromatic hydroxyl groups is 1. The zero-order valence-corrected chi connectivity index (χ0v) is 14.2. The van der Waals surface area contributed by atoms with E-state index in [9.17, 15) is 18.5 Å². The maximum atomic E-state index is 13.8. The summed E-state index contributed by atoms with van der Waals surface area (Å²) in [6.45, 7) is 4.32. The first-order chi connectivity index (χ1) is 11.4. The van der Waals surface area contributed by atoms with Gasteiger partial charge < -0.3 is 10.0 Å². The van der Waals surface area contributed by atoms with Crippen molar-refractivity contribution in [1.82, 2.24) is 14.7 Å². The minimum absolute atomic E-state index is 0.134. The molecule has 0 radical (unpaired) electrons. The predicted molar refractivity (Wildman–Crippen MR) is 88.2 cm³/mol. The van der Waals surface area contributed by atoms with Crippen LogP contribution in [0.4, 0.5) is 4.39 Å². The Morgan fingerprint density at radius 3 is 2.54 bits per heavy atom. The van der Waals surface area contributed by atoms with Crippen molar-refractivity contribution in [2.75, 3.05) is 13.1 Å². The van der Waals surface area contributed by atoms with Crippen molar-refractivity contribution in [3.63, 3.8) is 0 Å². The van der Waals surface area contributed by atoms with E-state index in [1.807, 2.05) is 13.8 Å². The van der Waals surface area contributed by atoms with Crippen LogP contribution in [0.25, 0.3) is 5.69 Å². The van der Waals surface area contributed by atoms with Crippen LogP contribution < -0.4 is 0 Å². The zero-order valence-electron chi connectivity index (χ0n) is 13.3. The van der Waals surface area contributed by atoms with E-state index in [0.717, 1.165) is 4.68 Å². The van der Waals surface area contributed by atoms with E-state index >= 15 is 0 Å². The van der Waals surface area contributed by atoms with Crippen molar-refractivity contribution in [2.24, 2.45) is 0 Å². The Balaban J connectivity index is 1.89. The molecule has 2 unspecified atom stereocenters. The van der Waals surface area contributed by atoms with Gasteiger partial charge in [0.2, 0.25) is 0 Å². The summed E-state index contributed by atoms with van der Waals surface area (Å²) in [5, 5.41) is 13.8. The van der Waals surface area contributed by atoms with Gasteiger partial charge in [-0.25, -0.2) is 9.07 Å². The van der Waals surface area contributed by atoms with Gasteiger partial charge in [-0.05, 0) is 26.0 Å². The van der Waals surface area contributed by atoms with Crippen LogP contribution >= 0.6 is 0 Å². The normalized spacial score (nSPS) is 24.1. The minimum Gasteiger partial charge on any atom is -0.504 e. The molecule has 1 saturated heterocycles. The number of nitrogens with zero attached hydrogens (tertiary/aromatic N) is 3. The molecule has 0 aliphatic carbocycles. The number of halogens is 1. The van der Waals surface area contributed by atoms with Crippen LogP contribution in [0, 0.1) is 5.82 Å². The molecule has 2 atom stereocenters. The summed E-state index contributed by atoms with van der Waals surface area (Å²) in [4.78, 5) is 14.2. The van der Waals surface area contributed by atoms with Gasteiger partial charge in [0.25, 0.3) is 5.91 Å². The topological polar surface area (TPSA) is 75.4 Å². The SMILES string of the molecule is CC1CN(C(=O)c2nn(-c3ccccc3F)cc2O)CC(C)S1=O. The fourth-order valence-electron chi connectivity index (χ4n) is 2.83. The quantitative estimate of drug-likeness (QED) is 0.894. The lowest BCUT2D eigenvalue weighted by Crippen LogP contribution is -2.49. The van der Waals surface area contributed by atoms with Crippen LogP contribution in [-0.4, -0.2) is 53.5 Å². The monoisotopic (exact) mass is 351 g/mol. The molecule has 6 nitrogen and oxygen atoms in total. The maximum Gasteiger partial charge on any atom is 0.278 e.